The summed E-state index contributed by atoms with van der Waals surface area (Å²) in [6, 6.07) is 10.2. The second-order valence-corrected chi connectivity index (χ2v) is 6.24. The van der Waals surface area contributed by atoms with E-state index in [1.165, 1.54) is 25.7 Å². The highest BCUT2D eigenvalue weighted by Crippen LogP contribution is 2.52. The fourth-order valence-corrected chi connectivity index (χ4v) is 4.21. The molecule has 0 spiro atoms. The van der Waals surface area contributed by atoms with Gasteiger partial charge in [0.25, 0.3) is 0 Å². The quantitative estimate of drug-likeness (QED) is 0.885. The normalized spacial score (nSPS) is 30.9. The van der Waals surface area contributed by atoms with Crippen LogP contribution in [0, 0.1) is 17.8 Å². The van der Waals surface area contributed by atoms with Gasteiger partial charge in [0.05, 0.1) is 11.6 Å². The predicted octanol–water partition coefficient (Wildman–Crippen LogP) is 3.70. The largest absolute Gasteiger partial charge is 0.388 e. The zero-order chi connectivity index (χ0) is 12.8. The molecule has 2 nitrogen and oxygen atoms in total. The first-order valence-corrected chi connectivity index (χ1v) is 7.34. The van der Waals surface area contributed by atoms with Gasteiger partial charge in [-0.2, -0.15) is 0 Å². The van der Waals surface area contributed by atoms with E-state index in [2.05, 4.69) is 17.1 Å². The van der Waals surface area contributed by atoms with Crippen LogP contribution in [0.25, 0.3) is 10.9 Å². The lowest BCUT2D eigenvalue weighted by Crippen LogP contribution is -2.19. The molecule has 2 aromatic rings. The van der Waals surface area contributed by atoms with Crippen LogP contribution in [0.1, 0.15) is 37.4 Å². The van der Waals surface area contributed by atoms with Crippen LogP contribution in [-0.4, -0.2) is 10.1 Å². The molecule has 98 valence electrons. The van der Waals surface area contributed by atoms with E-state index in [1.807, 2.05) is 24.4 Å². The van der Waals surface area contributed by atoms with E-state index >= 15 is 0 Å². The Balaban J connectivity index is 1.66. The lowest BCUT2D eigenvalue weighted by atomic mass is 9.82. The van der Waals surface area contributed by atoms with Crippen molar-refractivity contribution in [1.82, 2.24) is 4.98 Å². The number of nitrogens with zero attached hydrogens (tertiary/aromatic N) is 1. The van der Waals surface area contributed by atoms with Crippen LogP contribution in [0.4, 0.5) is 0 Å². The van der Waals surface area contributed by atoms with E-state index < -0.39 is 0 Å². The Morgan fingerprint density at radius 1 is 1.16 bits per heavy atom. The lowest BCUT2D eigenvalue weighted by Gasteiger charge is -2.27. The molecule has 4 unspecified atom stereocenters. The number of aliphatic hydroxyl groups excluding tert-OH is 1. The van der Waals surface area contributed by atoms with Crippen LogP contribution in [0.2, 0.25) is 0 Å². The van der Waals surface area contributed by atoms with Crippen molar-refractivity contribution in [3.63, 3.8) is 0 Å². The average molecular weight is 253 g/mol. The maximum Gasteiger partial charge on any atom is 0.0821 e. The first kappa shape index (κ1) is 11.4. The molecule has 1 aromatic carbocycles. The number of pyridine rings is 1. The summed E-state index contributed by atoms with van der Waals surface area (Å²) in [5.41, 5.74) is 2.07. The SMILES string of the molecule is OC(c1ccc2ncccc2c1)C1CC2CCC1C2. The van der Waals surface area contributed by atoms with Gasteiger partial charge in [-0.15, -0.1) is 0 Å². The number of aliphatic hydroxyl groups is 1. The summed E-state index contributed by atoms with van der Waals surface area (Å²) >= 11 is 0. The molecule has 2 saturated carbocycles. The van der Waals surface area contributed by atoms with Gasteiger partial charge in [0.1, 0.15) is 0 Å². The monoisotopic (exact) mass is 253 g/mol. The molecule has 2 heteroatoms. The zero-order valence-corrected chi connectivity index (χ0v) is 11.0. The fraction of sp³-hybridized carbons (Fsp3) is 0.471. The Morgan fingerprint density at radius 2 is 2.11 bits per heavy atom. The van der Waals surface area contributed by atoms with Crippen molar-refractivity contribution in [3.05, 3.63) is 42.1 Å². The minimum absolute atomic E-state index is 0.292. The Kier molecular flexibility index (Phi) is 2.59. The van der Waals surface area contributed by atoms with Gasteiger partial charge in [0.2, 0.25) is 0 Å². The summed E-state index contributed by atoms with van der Waals surface area (Å²) in [6.45, 7) is 0. The zero-order valence-electron chi connectivity index (χ0n) is 11.0. The van der Waals surface area contributed by atoms with Crippen LogP contribution < -0.4 is 0 Å². The summed E-state index contributed by atoms with van der Waals surface area (Å²) in [7, 11) is 0. The van der Waals surface area contributed by atoms with E-state index in [0.717, 1.165) is 28.3 Å². The lowest BCUT2D eigenvalue weighted by molar-refractivity contribution is 0.0746. The van der Waals surface area contributed by atoms with Gasteiger partial charge in [-0.05, 0) is 60.8 Å². The standard InChI is InChI=1S/C17H19NO/c19-17(15-9-11-3-4-12(15)8-11)14-5-6-16-13(10-14)2-1-7-18-16/h1-2,5-7,10-12,15,17,19H,3-4,8-9H2. The first-order chi connectivity index (χ1) is 9.31. The third kappa shape index (κ3) is 1.86. The molecule has 2 bridgehead atoms. The van der Waals surface area contributed by atoms with Gasteiger partial charge >= 0.3 is 0 Å². The number of fused-ring (bicyclic) bond motifs is 3. The first-order valence-electron chi connectivity index (χ1n) is 7.34. The number of hydrogen-bond donors (Lipinski definition) is 1. The van der Waals surface area contributed by atoms with Crippen LogP contribution in [0.15, 0.2) is 36.5 Å². The molecular weight excluding hydrogens is 234 g/mol. The Hall–Kier alpha value is -1.41. The third-order valence-corrected chi connectivity index (χ3v) is 5.17. The summed E-state index contributed by atoms with van der Waals surface area (Å²) in [5.74, 6) is 2.12. The molecule has 4 atom stereocenters. The highest BCUT2D eigenvalue weighted by Gasteiger charge is 2.42. The average Bonchev–Trinajstić information content (AvgIpc) is 3.08. The molecule has 2 fully saturated rings. The smallest absolute Gasteiger partial charge is 0.0821 e. The molecule has 4 rings (SSSR count). The molecule has 0 amide bonds. The fourth-order valence-electron chi connectivity index (χ4n) is 4.21. The molecule has 19 heavy (non-hydrogen) atoms. The minimum Gasteiger partial charge on any atom is -0.388 e. The summed E-state index contributed by atoms with van der Waals surface area (Å²) in [5, 5.41) is 11.8. The maximum atomic E-state index is 10.7. The van der Waals surface area contributed by atoms with Crippen molar-refractivity contribution in [2.45, 2.75) is 31.8 Å². The van der Waals surface area contributed by atoms with Crippen molar-refractivity contribution in [2.75, 3.05) is 0 Å². The van der Waals surface area contributed by atoms with E-state index in [1.54, 1.807) is 0 Å². The van der Waals surface area contributed by atoms with Gasteiger partial charge in [-0.25, -0.2) is 0 Å². The Labute approximate surface area is 113 Å². The number of benzene rings is 1. The van der Waals surface area contributed by atoms with Crippen molar-refractivity contribution in [2.24, 2.45) is 17.8 Å². The number of rotatable bonds is 2. The third-order valence-electron chi connectivity index (χ3n) is 5.17. The summed E-state index contributed by atoms with van der Waals surface area (Å²) < 4.78 is 0. The predicted molar refractivity (Wildman–Crippen MR) is 75.6 cm³/mol. The highest BCUT2D eigenvalue weighted by atomic mass is 16.3. The highest BCUT2D eigenvalue weighted by molar-refractivity contribution is 5.79. The summed E-state index contributed by atoms with van der Waals surface area (Å²) in [6.07, 6.45) is 6.79. The Morgan fingerprint density at radius 3 is 2.89 bits per heavy atom. The number of hydrogen-bond acceptors (Lipinski definition) is 2. The number of aromatic nitrogens is 1. The molecule has 0 saturated heterocycles. The van der Waals surface area contributed by atoms with Gasteiger partial charge in [-0.1, -0.05) is 18.6 Å². The van der Waals surface area contributed by atoms with Gasteiger partial charge in [0.15, 0.2) is 0 Å². The second kappa shape index (κ2) is 4.31. The van der Waals surface area contributed by atoms with Crippen LogP contribution >= 0.6 is 0 Å². The molecule has 0 radical (unpaired) electrons. The van der Waals surface area contributed by atoms with E-state index in [9.17, 15) is 5.11 Å². The van der Waals surface area contributed by atoms with Crippen molar-refractivity contribution >= 4 is 10.9 Å². The molecule has 2 aliphatic rings. The molecule has 2 aliphatic carbocycles. The van der Waals surface area contributed by atoms with E-state index in [4.69, 9.17) is 0 Å². The molecule has 1 heterocycles. The molecule has 1 N–H and O–H groups in total. The summed E-state index contributed by atoms with van der Waals surface area (Å²) in [4.78, 5) is 4.34. The Bertz CT molecular complexity index is 609. The maximum absolute atomic E-state index is 10.7. The van der Waals surface area contributed by atoms with Crippen LogP contribution in [-0.2, 0) is 0 Å². The van der Waals surface area contributed by atoms with Crippen LogP contribution in [0.3, 0.4) is 0 Å². The van der Waals surface area contributed by atoms with Crippen molar-refractivity contribution < 1.29 is 5.11 Å². The van der Waals surface area contributed by atoms with Crippen molar-refractivity contribution in [3.8, 4) is 0 Å². The topological polar surface area (TPSA) is 33.1 Å². The second-order valence-electron chi connectivity index (χ2n) is 6.24. The van der Waals surface area contributed by atoms with Gasteiger partial charge in [0, 0.05) is 11.6 Å². The van der Waals surface area contributed by atoms with Gasteiger partial charge < -0.3 is 5.11 Å². The molecular formula is C17H19NO. The molecule has 0 aliphatic heterocycles. The van der Waals surface area contributed by atoms with Crippen molar-refractivity contribution in [1.29, 1.82) is 0 Å². The van der Waals surface area contributed by atoms with E-state index in [-0.39, 0.29) is 6.10 Å². The molecule has 1 aromatic heterocycles. The van der Waals surface area contributed by atoms with Crippen LogP contribution in [0.5, 0.6) is 0 Å². The van der Waals surface area contributed by atoms with Gasteiger partial charge in [-0.3, -0.25) is 4.98 Å². The van der Waals surface area contributed by atoms with E-state index in [0.29, 0.717) is 5.92 Å². The minimum atomic E-state index is -0.292.